The summed E-state index contributed by atoms with van der Waals surface area (Å²) in [6, 6.07) is 8.45. The number of nitrogens with two attached hydrogens (primary N) is 1. The second-order valence-electron chi connectivity index (χ2n) is 4.62. The van der Waals surface area contributed by atoms with E-state index in [-0.39, 0.29) is 0 Å². The highest BCUT2D eigenvalue weighted by molar-refractivity contribution is 6.33. The lowest BCUT2D eigenvalue weighted by Crippen LogP contribution is -2.43. The van der Waals surface area contributed by atoms with Crippen molar-refractivity contribution in [3.05, 3.63) is 29.3 Å². The van der Waals surface area contributed by atoms with E-state index in [2.05, 4.69) is 22.9 Å². The predicted molar refractivity (Wildman–Crippen MR) is 73.8 cm³/mol. The topological polar surface area (TPSA) is 32.5 Å². The third-order valence-corrected chi connectivity index (χ3v) is 3.78. The molecule has 0 spiro atoms. The summed E-state index contributed by atoms with van der Waals surface area (Å²) < 4.78 is 0. The van der Waals surface area contributed by atoms with Crippen molar-refractivity contribution in [2.24, 2.45) is 5.73 Å². The highest BCUT2D eigenvalue weighted by Crippen LogP contribution is 2.26. The first-order chi connectivity index (χ1) is 8.22. The highest BCUT2D eigenvalue weighted by Gasteiger charge is 2.22. The molecule has 0 aliphatic carbocycles. The molecule has 1 fully saturated rings. The molecule has 0 aromatic heterocycles. The van der Waals surface area contributed by atoms with Gasteiger partial charge in [0.15, 0.2) is 0 Å². The monoisotopic (exact) mass is 253 g/mol. The number of benzene rings is 1. The van der Waals surface area contributed by atoms with Crippen LogP contribution in [0.5, 0.6) is 0 Å². The van der Waals surface area contributed by atoms with E-state index in [0.717, 1.165) is 36.8 Å². The van der Waals surface area contributed by atoms with Gasteiger partial charge in [-0.2, -0.15) is 0 Å². The van der Waals surface area contributed by atoms with Gasteiger partial charge >= 0.3 is 0 Å². The van der Waals surface area contributed by atoms with Gasteiger partial charge in [0.25, 0.3) is 0 Å². The van der Waals surface area contributed by atoms with Gasteiger partial charge in [-0.1, -0.05) is 23.7 Å². The average Bonchev–Trinajstić information content (AvgIpc) is 2.51. The van der Waals surface area contributed by atoms with Crippen molar-refractivity contribution in [1.82, 2.24) is 4.90 Å². The van der Waals surface area contributed by atoms with Crippen LogP contribution in [0.2, 0.25) is 5.02 Å². The lowest BCUT2D eigenvalue weighted by atomic mass is 10.2. The molecule has 17 heavy (non-hydrogen) atoms. The summed E-state index contributed by atoms with van der Waals surface area (Å²) in [6.07, 6.45) is 1.15. The van der Waals surface area contributed by atoms with Crippen LogP contribution in [-0.2, 0) is 0 Å². The van der Waals surface area contributed by atoms with Gasteiger partial charge in [-0.3, -0.25) is 0 Å². The molecule has 1 atom stereocenters. The fourth-order valence-electron chi connectivity index (χ4n) is 2.36. The smallest absolute Gasteiger partial charge is 0.0639 e. The molecule has 2 rings (SSSR count). The van der Waals surface area contributed by atoms with E-state index in [4.69, 9.17) is 17.3 Å². The molecule has 1 aliphatic rings. The molecule has 1 aliphatic heterocycles. The Morgan fingerprint density at radius 1 is 1.35 bits per heavy atom. The van der Waals surface area contributed by atoms with Crippen LogP contribution in [0.25, 0.3) is 0 Å². The molecule has 1 unspecified atom stereocenters. The lowest BCUT2D eigenvalue weighted by Gasteiger charge is -2.29. The summed E-state index contributed by atoms with van der Waals surface area (Å²) in [7, 11) is 2.15. The minimum atomic E-state index is 0.411. The van der Waals surface area contributed by atoms with Gasteiger partial charge < -0.3 is 15.5 Å². The van der Waals surface area contributed by atoms with E-state index in [1.807, 2.05) is 18.2 Å². The second kappa shape index (κ2) is 5.71. The van der Waals surface area contributed by atoms with Crippen molar-refractivity contribution >= 4 is 17.3 Å². The van der Waals surface area contributed by atoms with Crippen molar-refractivity contribution in [2.75, 3.05) is 38.1 Å². The van der Waals surface area contributed by atoms with Gasteiger partial charge in [0.1, 0.15) is 0 Å². The van der Waals surface area contributed by atoms with Gasteiger partial charge in [0.05, 0.1) is 10.7 Å². The molecule has 3 nitrogen and oxygen atoms in total. The van der Waals surface area contributed by atoms with Crippen LogP contribution in [-0.4, -0.2) is 44.2 Å². The van der Waals surface area contributed by atoms with Gasteiger partial charge in [0, 0.05) is 25.7 Å². The van der Waals surface area contributed by atoms with Crippen LogP contribution >= 0.6 is 11.6 Å². The molecular formula is C13H20ClN3. The minimum Gasteiger partial charge on any atom is -0.369 e. The van der Waals surface area contributed by atoms with Crippen molar-refractivity contribution in [3.8, 4) is 0 Å². The third-order valence-electron chi connectivity index (χ3n) is 3.46. The SMILES string of the molecule is CN1CCCN(c2ccccc2Cl)CC1CN. The molecule has 0 radical (unpaired) electrons. The number of halogens is 1. The average molecular weight is 254 g/mol. The van der Waals surface area contributed by atoms with Crippen molar-refractivity contribution in [2.45, 2.75) is 12.5 Å². The summed E-state index contributed by atoms with van der Waals surface area (Å²) in [6.45, 7) is 3.79. The van der Waals surface area contributed by atoms with Gasteiger partial charge in [-0.25, -0.2) is 0 Å². The Bertz CT molecular complexity index is 369. The Morgan fingerprint density at radius 3 is 2.82 bits per heavy atom. The number of rotatable bonds is 2. The Balaban J connectivity index is 2.18. The number of likely N-dealkylation sites (N-methyl/N-ethyl adjacent to an activating group) is 1. The molecule has 1 heterocycles. The van der Waals surface area contributed by atoms with E-state index in [0.29, 0.717) is 12.6 Å². The molecule has 1 saturated heterocycles. The van der Waals surface area contributed by atoms with Crippen LogP contribution in [0, 0.1) is 0 Å². The van der Waals surface area contributed by atoms with Crippen LogP contribution in [0.4, 0.5) is 5.69 Å². The third kappa shape index (κ3) is 2.92. The number of anilines is 1. The number of para-hydroxylation sites is 1. The first-order valence-corrected chi connectivity index (χ1v) is 6.50. The molecule has 4 heteroatoms. The van der Waals surface area contributed by atoms with Crippen molar-refractivity contribution in [1.29, 1.82) is 0 Å². The maximum absolute atomic E-state index is 6.25. The fraction of sp³-hybridized carbons (Fsp3) is 0.538. The summed E-state index contributed by atoms with van der Waals surface area (Å²) in [5.74, 6) is 0. The van der Waals surface area contributed by atoms with Crippen LogP contribution in [0.3, 0.4) is 0 Å². The summed E-state index contributed by atoms with van der Waals surface area (Å²) in [5.41, 5.74) is 6.97. The molecular weight excluding hydrogens is 234 g/mol. The van der Waals surface area contributed by atoms with E-state index in [9.17, 15) is 0 Å². The Hall–Kier alpha value is -0.770. The zero-order valence-corrected chi connectivity index (χ0v) is 11.0. The van der Waals surface area contributed by atoms with Crippen molar-refractivity contribution < 1.29 is 0 Å². The first-order valence-electron chi connectivity index (χ1n) is 6.12. The quantitative estimate of drug-likeness (QED) is 0.873. The highest BCUT2D eigenvalue weighted by atomic mass is 35.5. The normalized spacial score (nSPS) is 22.5. The van der Waals surface area contributed by atoms with Gasteiger partial charge in [0.2, 0.25) is 0 Å². The summed E-state index contributed by atoms with van der Waals surface area (Å²) in [5, 5.41) is 0.827. The molecule has 1 aromatic carbocycles. The van der Waals surface area contributed by atoms with E-state index >= 15 is 0 Å². The number of hydrogen-bond acceptors (Lipinski definition) is 3. The van der Waals surface area contributed by atoms with Crippen molar-refractivity contribution in [3.63, 3.8) is 0 Å². The zero-order valence-electron chi connectivity index (χ0n) is 10.3. The minimum absolute atomic E-state index is 0.411. The zero-order chi connectivity index (χ0) is 12.3. The molecule has 94 valence electrons. The van der Waals surface area contributed by atoms with E-state index < -0.39 is 0 Å². The summed E-state index contributed by atoms with van der Waals surface area (Å²) in [4.78, 5) is 4.69. The Kier molecular flexibility index (Phi) is 4.26. The standard InChI is InChI=1S/C13H20ClN3/c1-16-7-4-8-17(10-11(16)9-15)13-6-3-2-5-12(13)14/h2-3,5-6,11H,4,7-10,15H2,1H3. The number of nitrogens with zero attached hydrogens (tertiary/aromatic N) is 2. The predicted octanol–water partition coefficient (Wildman–Crippen LogP) is 1.81. The van der Waals surface area contributed by atoms with Gasteiger partial charge in [-0.05, 0) is 32.1 Å². The van der Waals surface area contributed by atoms with Gasteiger partial charge in [-0.15, -0.1) is 0 Å². The molecule has 2 N–H and O–H groups in total. The lowest BCUT2D eigenvalue weighted by molar-refractivity contribution is 0.266. The Morgan fingerprint density at radius 2 is 2.12 bits per heavy atom. The maximum atomic E-state index is 6.25. The number of hydrogen-bond donors (Lipinski definition) is 1. The summed E-state index contributed by atoms with van der Waals surface area (Å²) >= 11 is 6.25. The molecule has 0 amide bonds. The van der Waals surface area contributed by atoms with Crippen LogP contribution in [0.15, 0.2) is 24.3 Å². The van der Waals surface area contributed by atoms with E-state index in [1.54, 1.807) is 0 Å². The first kappa shape index (κ1) is 12.7. The Labute approximate surface area is 108 Å². The largest absolute Gasteiger partial charge is 0.369 e. The molecule has 1 aromatic rings. The molecule has 0 saturated carbocycles. The maximum Gasteiger partial charge on any atom is 0.0639 e. The fourth-order valence-corrected chi connectivity index (χ4v) is 2.62. The van der Waals surface area contributed by atoms with Crippen LogP contribution < -0.4 is 10.6 Å². The van der Waals surface area contributed by atoms with E-state index in [1.165, 1.54) is 0 Å². The van der Waals surface area contributed by atoms with Crippen LogP contribution in [0.1, 0.15) is 6.42 Å². The second-order valence-corrected chi connectivity index (χ2v) is 5.03. The molecule has 0 bridgehead atoms.